The molecular weight excluding hydrogens is 376 g/mol. The second-order valence-electron chi connectivity index (χ2n) is 7.94. The van der Waals surface area contributed by atoms with Crippen LogP contribution in [0, 0.1) is 28.1 Å². The van der Waals surface area contributed by atoms with Crippen LogP contribution in [0.5, 0.6) is 0 Å². The molecule has 0 amide bonds. The average molecular weight is 398 g/mol. The van der Waals surface area contributed by atoms with Crippen molar-refractivity contribution in [2.24, 2.45) is 5.92 Å². The van der Waals surface area contributed by atoms with E-state index < -0.39 is 0 Å². The Kier molecular flexibility index (Phi) is 4.64. The molecule has 1 saturated heterocycles. The molecule has 1 fully saturated rings. The first-order valence-electron chi connectivity index (χ1n) is 10.2. The molecule has 0 saturated carbocycles. The minimum absolute atomic E-state index is 0.202. The van der Waals surface area contributed by atoms with Crippen molar-refractivity contribution < 1.29 is 4.74 Å². The number of nitrogens with one attached hydrogen (secondary N) is 2. The highest BCUT2D eigenvalue weighted by atomic mass is 16.5. The van der Waals surface area contributed by atoms with E-state index in [1.54, 1.807) is 0 Å². The Balaban J connectivity index is 1.40. The van der Waals surface area contributed by atoms with Crippen molar-refractivity contribution in [1.29, 1.82) is 16.1 Å². The largest absolute Gasteiger partial charge is 0.378 e. The maximum Gasteiger partial charge on any atom is 0.132 e. The molecule has 0 spiro atoms. The summed E-state index contributed by atoms with van der Waals surface area (Å²) in [5.41, 5.74) is 5.73. The second-order valence-corrected chi connectivity index (χ2v) is 7.94. The van der Waals surface area contributed by atoms with Crippen molar-refractivity contribution in [1.82, 2.24) is 9.97 Å². The Morgan fingerprint density at radius 3 is 2.67 bits per heavy atom. The quantitative estimate of drug-likeness (QED) is 0.769. The fourth-order valence-corrected chi connectivity index (χ4v) is 4.48. The summed E-state index contributed by atoms with van der Waals surface area (Å²) >= 11 is 0. The zero-order valence-corrected chi connectivity index (χ0v) is 16.6. The first-order valence-corrected chi connectivity index (χ1v) is 10.2. The molecule has 2 aromatic rings. The van der Waals surface area contributed by atoms with Crippen LogP contribution in [0.4, 0.5) is 5.82 Å². The Hall–Kier alpha value is -3.37. The molecule has 2 unspecified atom stereocenters. The van der Waals surface area contributed by atoms with E-state index in [0.717, 1.165) is 36.5 Å². The summed E-state index contributed by atoms with van der Waals surface area (Å²) in [5.74, 6) is 0.734. The van der Waals surface area contributed by atoms with Crippen LogP contribution in [0.1, 0.15) is 35.6 Å². The van der Waals surface area contributed by atoms with E-state index in [2.05, 4.69) is 20.9 Å². The first-order chi connectivity index (χ1) is 14.7. The van der Waals surface area contributed by atoms with Gasteiger partial charge in [0.25, 0.3) is 0 Å². The van der Waals surface area contributed by atoms with Gasteiger partial charge in [-0.15, -0.1) is 0 Å². The molecule has 7 heteroatoms. The van der Waals surface area contributed by atoms with Crippen LogP contribution in [-0.2, 0) is 4.74 Å². The lowest BCUT2D eigenvalue weighted by Gasteiger charge is -2.28. The summed E-state index contributed by atoms with van der Waals surface area (Å²) in [4.78, 5) is 10.9. The molecule has 30 heavy (non-hydrogen) atoms. The van der Waals surface area contributed by atoms with Crippen molar-refractivity contribution in [3.05, 3.63) is 64.6 Å². The number of rotatable bonds is 4. The van der Waals surface area contributed by atoms with E-state index in [-0.39, 0.29) is 11.8 Å². The summed E-state index contributed by atoms with van der Waals surface area (Å²) in [6.45, 7) is 2.90. The van der Waals surface area contributed by atoms with Crippen LogP contribution in [0.25, 0.3) is 0 Å². The number of hydrogen-bond acceptors (Lipinski definition) is 7. The maximum absolute atomic E-state index is 9.05. The molecule has 2 heterocycles. The number of nitrogens with zero attached hydrogens (tertiary/aromatic N) is 4. The first kappa shape index (κ1) is 18.6. The SMILES string of the molecule is N#Cc1ccc(C2CC(C(=N)c3cc(N4CCOCC4)ncn3)C(=N)C3=C2C3)cc1. The number of allylic oxidation sites excluding steroid dienone is 2. The molecule has 150 valence electrons. The highest BCUT2D eigenvalue weighted by Gasteiger charge is 2.43. The number of hydrogen-bond donors (Lipinski definition) is 2. The van der Waals surface area contributed by atoms with Gasteiger partial charge in [0.05, 0.1) is 36.3 Å². The number of ether oxygens (including phenoxy) is 1. The predicted octanol–water partition coefficient (Wildman–Crippen LogP) is 3.08. The Bertz CT molecular complexity index is 1090. The van der Waals surface area contributed by atoms with Crippen LogP contribution in [0.2, 0.25) is 0 Å². The molecule has 1 aromatic heterocycles. The van der Waals surface area contributed by atoms with Crippen molar-refractivity contribution in [2.45, 2.75) is 18.8 Å². The summed E-state index contributed by atoms with van der Waals surface area (Å²) in [6, 6.07) is 11.7. The highest BCUT2D eigenvalue weighted by molar-refractivity contribution is 6.20. The van der Waals surface area contributed by atoms with Crippen LogP contribution in [0.3, 0.4) is 0 Å². The van der Waals surface area contributed by atoms with E-state index in [9.17, 15) is 0 Å². The van der Waals surface area contributed by atoms with Crippen LogP contribution < -0.4 is 4.90 Å². The van der Waals surface area contributed by atoms with Gasteiger partial charge in [-0.25, -0.2) is 9.97 Å². The second kappa shape index (κ2) is 7.47. The summed E-state index contributed by atoms with van der Waals surface area (Å²) in [5, 5.41) is 26.5. The number of benzene rings is 1. The van der Waals surface area contributed by atoms with Crippen molar-refractivity contribution in [3.63, 3.8) is 0 Å². The lowest BCUT2D eigenvalue weighted by Crippen LogP contribution is -2.37. The Morgan fingerprint density at radius 2 is 1.93 bits per heavy atom. The maximum atomic E-state index is 9.05. The van der Waals surface area contributed by atoms with Gasteiger partial charge in [-0.3, -0.25) is 0 Å². The van der Waals surface area contributed by atoms with Crippen molar-refractivity contribution in [2.75, 3.05) is 31.2 Å². The van der Waals surface area contributed by atoms with E-state index in [1.165, 1.54) is 11.9 Å². The molecule has 3 aliphatic rings. The van der Waals surface area contributed by atoms with Gasteiger partial charge < -0.3 is 20.5 Å². The van der Waals surface area contributed by atoms with Gasteiger partial charge in [0.15, 0.2) is 0 Å². The zero-order chi connectivity index (χ0) is 20.7. The van der Waals surface area contributed by atoms with Crippen molar-refractivity contribution in [3.8, 4) is 6.07 Å². The summed E-state index contributed by atoms with van der Waals surface area (Å²) < 4.78 is 5.41. The topological polar surface area (TPSA) is 110 Å². The lowest BCUT2D eigenvalue weighted by molar-refractivity contribution is 0.122. The van der Waals surface area contributed by atoms with E-state index in [1.807, 2.05) is 30.3 Å². The van der Waals surface area contributed by atoms with E-state index in [0.29, 0.717) is 42.3 Å². The molecule has 5 rings (SSSR count). The smallest absolute Gasteiger partial charge is 0.132 e. The van der Waals surface area contributed by atoms with Gasteiger partial charge in [-0.1, -0.05) is 17.7 Å². The fourth-order valence-electron chi connectivity index (χ4n) is 4.48. The molecule has 2 aliphatic carbocycles. The molecule has 2 atom stereocenters. The van der Waals surface area contributed by atoms with Crippen LogP contribution in [0.15, 0.2) is 47.8 Å². The Morgan fingerprint density at radius 1 is 1.17 bits per heavy atom. The molecular formula is C23H22N6O. The average Bonchev–Trinajstić information content (AvgIpc) is 3.61. The minimum Gasteiger partial charge on any atom is -0.378 e. The fraction of sp³-hybridized carbons (Fsp3) is 0.348. The third-order valence-corrected chi connectivity index (χ3v) is 6.25. The molecule has 0 bridgehead atoms. The summed E-state index contributed by atoms with van der Waals surface area (Å²) in [6.07, 6.45) is 3.07. The predicted molar refractivity (Wildman–Crippen MR) is 113 cm³/mol. The van der Waals surface area contributed by atoms with E-state index in [4.69, 9.17) is 20.8 Å². The van der Waals surface area contributed by atoms with Gasteiger partial charge >= 0.3 is 0 Å². The summed E-state index contributed by atoms with van der Waals surface area (Å²) in [7, 11) is 0. The number of aromatic nitrogens is 2. The molecule has 2 N–H and O–H groups in total. The number of morpholine rings is 1. The molecule has 7 nitrogen and oxygen atoms in total. The third kappa shape index (κ3) is 3.29. The Labute approximate surface area is 175 Å². The normalized spacial score (nSPS) is 23.0. The minimum atomic E-state index is -0.278. The van der Waals surface area contributed by atoms with Gasteiger partial charge in [-0.05, 0) is 36.1 Å². The standard InChI is InChI=1S/C23H22N6O/c24-12-14-1-3-15(4-2-14)16-9-19(22(25)18-10-17(16)18)23(26)20-11-21(28-13-27-20)29-5-7-30-8-6-29/h1-4,11,13,16,19,25-26H,5-10H2. The number of anilines is 1. The van der Waals surface area contributed by atoms with Gasteiger partial charge in [0.2, 0.25) is 0 Å². The van der Waals surface area contributed by atoms with Crippen LogP contribution in [-0.4, -0.2) is 47.7 Å². The number of nitriles is 1. The van der Waals surface area contributed by atoms with Gasteiger partial charge in [0.1, 0.15) is 12.1 Å². The molecule has 0 radical (unpaired) electrons. The van der Waals surface area contributed by atoms with Crippen molar-refractivity contribution >= 4 is 17.2 Å². The monoisotopic (exact) mass is 398 g/mol. The molecule has 1 aromatic carbocycles. The van der Waals surface area contributed by atoms with Gasteiger partial charge in [-0.2, -0.15) is 5.26 Å². The highest BCUT2D eigenvalue weighted by Crippen LogP contribution is 2.51. The van der Waals surface area contributed by atoms with Gasteiger partial charge in [0, 0.05) is 36.7 Å². The third-order valence-electron chi connectivity index (χ3n) is 6.25. The lowest BCUT2D eigenvalue weighted by atomic mass is 9.78. The van der Waals surface area contributed by atoms with Crippen LogP contribution >= 0.6 is 0 Å². The van der Waals surface area contributed by atoms with E-state index >= 15 is 0 Å². The zero-order valence-electron chi connectivity index (χ0n) is 16.6. The molecule has 1 aliphatic heterocycles.